The standard InChI is InChI=1S/C44H47Cl4N3O6/c1-23(22-43(2,3)4)25-19-27-28(20-30(25)49-16-10-8-9-13-34(54)57-51-32(52)14-15-33(51)53)44(5,6)29-21-31-24(12-11-17-50(31)7)18-26(29)35(27)36-37(42(55)56)39(46)41(48)40(47)38(36)45/h18-22H,8-17H2,1-7H3,(H,55,56)/b23-22-,49-30+. The summed E-state index contributed by atoms with van der Waals surface area (Å²) in [5.74, 6) is -2.90. The maximum absolute atomic E-state index is 13.1. The smallest absolute Gasteiger partial charge is 0.337 e. The number of hydrogen-bond donors (Lipinski definition) is 1. The number of hydroxylamine groups is 2. The highest BCUT2D eigenvalue weighted by atomic mass is 35.5. The van der Waals surface area contributed by atoms with Gasteiger partial charge in [0, 0.05) is 61.6 Å². The molecule has 6 rings (SSSR count). The van der Waals surface area contributed by atoms with Crippen LogP contribution < -0.4 is 4.90 Å². The number of benzene rings is 2. The van der Waals surface area contributed by atoms with Gasteiger partial charge in [0.05, 0.1) is 31.4 Å². The van der Waals surface area contributed by atoms with Gasteiger partial charge < -0.3 is 14.8 Å². The van der Waals surface area contributed by atoms with Gasteiger partial charge in [0.2, 0.25) is 0 Å². The minimum atomic E-state index is -1.28. The number of fused-ring (bicyclic) bond motifs is 3. The first-order valence-electron chi connectivity index (χ1n) is 19.2. The molecule has 4 aliphatic rings. The van der Waals surface area contributed by atoms with Crippen LogP contribution in [-0.2, 0) is 31.1 Å². The molecular weight excluding hydrogens is 808 g/mol. The minimum Gasteiger partial charge on any atom is -0.478 e. The van der Waals surface area contributed by atoms with Crippen molar-refractivity contribution in [3.8, 4) is 0 Å². The number of nitrogens with zero attached hydrogens (tertiary/aromatic N) is 3. The second kappa shape index (κ2) is 16.4. The number of imide groups is 1. The van der Waals surface area contributed by atoms with Crippen LogP contribution in [0, 0.1) is 5.41 Å². The Labute approximate surface area is 354 Å². The summed E-state index contributed by atoms with van der Waals surface area (Å²) in [5.41, 5.74) is 8.34. The highest BCUT2D eigenvalue weighted by Crippen LogP contribution is 2.56. The van der Waals surface area contributed by atoms with E-state index in [1.807, 2.05) is 6.92 Å². The molecule has 1 saturated heterocycles. The number of aliphatic imine (C=N–C) groups is 1. The minimum absolute atomic E-state index is 0.00434. The number of halogens is 4. The van der Waals surface area contributed by atoms with Gasteiger partial charge in [-0.25, -0.2) is 9.59 Å². The van der Waals surface area contributed by atoms with Crippen molar-refractivity contribution in [2.45, 2.75) is 98.3 Å². The number of carboxylic acids is 1. The van der Waals surface area contributed by atoms with Crippen LogP contribution in [0.15, 0.2) is 57.6 Å². The number of carbonyl (C=O) groups excluding carboxylic acids is 3. The van der Waals surface area contributed by atoms with Crippen LogP contribution >= 0.6 is 46.4 Å². The summed E-state index contributed by atoms with van der Waals surface area (Å²) in [6.45, 7) is 14.1. The van der Waals surface area contributed by atoms with Gasteiger partial charge in [-0.05, 0) is 101 Å². The van der Waals surface area contributed by atoms with E-state index in [0.29, 0.717) is 36.4 Å². The first kappa shape index (κ1) is 42.7. The summed E-state index contributed by atoms with van der Waals surface area (Å²) in [6, 6.07) is 4.39. The zero-order valence-corrected chi connectivity index (χ0v) is 36.3. The highest BCUT2D eigenvalue weighted by Gasteiger charge is 2.42. The molecule has 2 heterocycles. The van der Waals surface area contributed by atoms with E-state index in [4.69, 9.17) is 56.2 Å². The van der Waals surface area contributed by atoms with Gasteiger partial charge in [0.25, 0.3) is 11.8 Å². The van der Waals surface area contributed by atoms with Crippen LogP contribution in [0.25, 0.3) is 5.57 Å². The maximum atomic E-state index is 13.1. The Bertz CT molecular complexity index is 2240. The number of aryl methyl sites for hydroxylation is 1. The number of unbranched alkanes of at least 4 members (excludes halogenated alkanes) is 2. The van der Waals surface area contributed by atoms with Crippen LogP contribution in [0.4, 0.5) is 5.69 Å². The van der Waals surface area contributed by atoms with Crippen molar-refractivity contribution in [2.75, 3.05) is 25.0 Å². The van der Waals surface area contributed by atoms with Crippen LogP contribution in [0.1, 0.15) is 119 Å². The lowest BCUT2D eigenvalue weighted by atomic mass is 9.62. The van der Waals surface area contributed by atoms with Crippen LogP contribution in [-0.4, -0.2) is 59.8 Å². The molecule has 302 valence electrons. The summed E-state index contributed by atoms with van der Waals surface area (Å²) < 4.78 is 0. The average Bonchev–Trinajstić information content (AvgIpc) is 3.45. The molecule has 1 N–H and O–H groups in total. The van der Waals surface area contributed by atoms with E-state index in [-0.39, 0.29) is 55.9 Å². The molecule has 2 aliphatic heterocycles. The molecule has 2 amide bonds. The summed E-state index contributed by atoms with van der Waals surface area (Å²) >= 11 is 27.0. The van der Waals surface area contributed by atoms with E-state index in [9.17, 15) is 24.3 Å². The van der Waals surface area contributed by atoms with Gasteiger partial charge in [-0.15, -0.1) is 5.06 Å². The van der Waals surface area contributed by atoms with Crippen molar-refractivity contribution in [3.63, 3.8) is 0 Å². The molecule has 9 nitrogen and oxygen atoms in total. The molecule has 0 radical (unpaired) electrons. The van der Waals surface area contributed by atoms with Crippen molar-refractivity contribution < 1.29 is 29.1 Å². The maximum Gasteiger partial charge on any atom is 0.337 e. The SMILES string of the molecule is C/C(=C/C(C)(C)C)C1=CC2=C(c3c(Cl)c(Cl)c(Cl)c(Cl)c3C(=O)O)c3cc4c(cc3C(C)(C)C2=C/C1=N\CCCCCC(=O)ON1C(=O)CCC1=O)N(C)CCC4. The Morgan fingerprint density at radius 1 is 0.947 bits per heavy atom. The Balaban J connectivity index is 1.48. The molecule has 13 heteroatoms. The topological polar surface area (TPSA) is 117 Å². The predicted octanol–water partition coefficient (Wildman–Crippen LogP) is 10.9. The second-order valence-electron chi connectivity index (χ2n) is 16.7. The molecule has 57 heavy (non-hydrogen) atoms. The quantitative estimate of drug-likeness (QED) is 0.109. The number of anilines is 1. The molecule has 2 aliphatic carbocycles. The molecule has 2 aromatic carbocycles. The molecule has 0 atom stereocenters. The van der Waals surface area contributed by atoms with E-state index in [2.05, 4.69) is 76.9 Å². The summed E-state index contributed by atoms with van der Waals surface area (Å²) in [7, 11) is 2.09. The van der Waals surface area contributed by atoms with Crippen molar-refractivity contribution in [3.05, 3.63) is 101 Å². The fraction of sp³-hybridized carbons (Fsp3) is 0.432. The molecule has 1 fully saturated rings. The second-order valence-corrected chi connectivity index (χ2v) is 18.2. The van der Waals surface area contributed by atoms with Gasteiger partial charge >= 0.3 is 11.9 Å². The van der Waals surface area contributed by atoms with Gasteiger partial charge in [0.1, 0.15) is 0 Å². The molecule has 0 unspecified atom stereocenters. The number of rotatable bonds is 10. The number of allylic oxidation sites excluding steroid dienone is 7. The van der Waals surface area contributed by atoms with Crippen molar-refractivity contribution >= 4 is 87.1 Å². The lowest BCUT2D eigenvalue weighted by molar-refractivity contribution is -0.197. The third-order valence-corrected chi connectivity index (χ3v) is 12.7. The normalized spacial score (nSPS) is 18.7. The van der Waals surface area contributed by atoms with Crippen LogP contribution in [0.5, 0.6) is 0 Å². The van der Waals surface area contributed by atoms with Gasteiger partial charge in [-0.3, -0.25) is 14.6 Å². The number of aromatic carboxylic acids is 1. The fourth-order valence-corrected chi connectivity index (χ4v) is 9.24. The summed E-state index contributed by atoms with van der Waals surface area (Å²) in [4.78, 5) is 61.5. The summed E-state index contributed by atoms with van der Waals surface area (Å²) in [6.07, 6.45) is 10.2. The number of carboxylic acid groups (broad SMARTS) is 1. The molecule has 0 saturated carbocycles. The zero-order valence-electron chi connectivity index (χ0n) is 33.3. The van der Waals surface area contributed by atoms with Crippen molar-refractivity contribution in [1.29, 1.82) is 0 Å². The molecule has 0 bridgehead atoms. The van der Waals surface area contributed by atoms with Crippen LogP contribution in [0.2, 0.25) is 20.1 Å². The molecular formula is C44H47Cl4N3O6. The Morgan fingerprint density at radius 2 is 1.61 bits per heavy atom. The van der Waals surface area contributed by atoms with E-state index in [0.717, 1.165) is 69.8 Å². The Morgan fingerprint density at radius 3 is 2.26 bits per heavy atom. The first-order valence-corrected chi connectivity index (χ1v) is 20.7. The number of hydrogen-bond acceptors (Lipinski definition) is 7. The van der Waals surface area contributed by atoms with Gasteiger partial charge in [0.15, 0.2) is 0 Å². The number of carbonyl (C=O) groups is 4. The third kappa shape index (κ3) is 8.36. The summed E-state index contributed by atoms with van der Waals surface area (Å²) in [5, 5.41) is 10.9. The lowest BCUT2D eigenvalue weighted by Gasteiger charge is -2.42. The predicted molar refractivity (Wildman–Crippen MR) is 228 cm³/mol. The molecule has 2 aromatic rings. The van der Waals surface area contributed by atoms with E-state index in [1.165, 1.54) is 0 Å². The highest BCUT2D eigenvalue weighted by molar-refractivity contribution is 6.53. The molecule has 0 aromatic heterocycles. The number of amides is 2. The average molecular weight is 856 g/mol. The largest absolute Gasteiger partial charge is 0.478 e. The lowest BCUT2D eigenvalue weighted by Crippen LogP contribution is -2.32. The van der Waals surface area contributed by atoms with Gasteiger partial charge in [-0.2, -0.15) is 0 Å². The fourth-order valence-electron chi connectivity index (χ4n) is 8.22. The third-order valence-electron chi connectivity index (χ3n) is 10.9. The Hall–Kier alpha value is -3.89. The Kier molecular flexibility index (Phi) is 12.3. The van der Waals surface area contributed by atoms with Crippen molar-refractivity contribution in [2.24, 2.45) is 10.4 Å². The first-order chi connectivity index (χ1) is 26.7. The van der Waals surface area contributed by atoms with E-state index < -0.39 is 29.2 Å². The van der Waals surface area contributed by atoms with Gasteiger partial charge in [-0.1, -0.05) is 93.5 Å². The molecule has 0 spiro atoms. The van der Waals surface area contributed by atoms with Crippen LogP contribution in [0.3, 0.4) is 0 Å². The van der Waals surface area contributed by atoms with E-state index in [1.54, 1.807) is 0 Å². The van der Waals surface area contributed by atoms with Crippen molar-refractivity contribution in [1.82, 2.24) is 5.06 Å². The van der Waals surface area contributed by atoms with E-state index >= 15 is 0 Å². The monoisotopic (exact) mass is 853 g/mol. The zero-order chi connectivity index (χ0) is 41.7.